The number of nitrogens with one attached hydrogen (secondary N) is 1. The van der Waals surface area contributed by atoms with E-state index in [1.54, 1.807) is 12.1 Å². The van der Waals surface area contributed by atoms with E-state index >= 15 is 0 Å². The van der Waals surface area contributed by atoms with Gasteiger partial charge in [0.25, 0.3) is 5.91 Å². The number of rotatable bonds is 2. The van der Waals surface area contributed by atoms with E-state index in [1.165, 1.54) is 11.3 Å². The third-order valence-electron chi connectivity index (χ3n) is 2.24. The Morgan fingerprint density at radius 2 is 2.19 bits per heavy atom. The summed E-state index contributed by atoms with van der Waals surface area (Å²) < 4.78 is 0. The van der Waals surface area contributed by atoms with Gasteiger partial charge in [0, 0.05) is 16.8 Å². The fourth-order valence-electron chi connectivity index (χ4n) is 1.41. The predicted molar refractivity (Wildman–Crippen MR) is 67.9 cm³/mol. The maximum Gasteiger partial charge on any atom is 0.256 e. The van der Waals surface area contributed by atoms with Crippen molar-refractivity contribution in [3.63, 3.8) is 0 Å². The first-order valence-corrected chi connectivity index (χ1v) is 5.81. The zero-order chi connectivity index (χ0) is 11.5. The molecule has 0 fully saturated rings. The third-order valence-corrected chi connectivity index (χ3v) is 3.11. The summed E-state index contributed by atoms with van der Waals surface area (Å²) in [7, 11) is 0. The number of amides is 1. The summed E-state index contributed by atoms with van der Waals surface area (Å²) in [5.74, 6) is -0.0932. The average molecular weight is 232 g/mol. The summed E-state index contributed by atoms with van der Waals surface area (Å²) in [5, 5.41) is 6.61. The van der Waals surface area contributed by atoms with Crippen LogP contribution >= 0.6 is 11.3 Å². The molecule has 2 aromatic rings. The molecule has 0 unspecified atom stereocenters. The number of nitrogens with two attached hydrogens (primary N) is 1. The molecule has 0 aliphatic rings. The standard InChI is InChI=1S/C12H12N2OS/c1-8-6-16-7-11(8)12(15)14-10-4-2-3-9(13)5-10/h2-7H,13H2,1H3,(H,14,15). The van der Waals surface area contributed by atoms with Gasteiger partial charge in [-0.05, 0) is 36.1 Å². The minimum absolute atomic E-state index is 0.0932. The van der Waals surface area contributed by atoms with Gasteiger partial charge in [0.05, 0.1) is 5.56 Å². The van der Waals surface area contributed by atoms with E-state index in [9.17, 15) is 4.79 Å². The quantitative estimate of drug-likeness (QED) is 0.782. The van der Waals surface area contributed by atoms with Crippen molar-refractivity contribution >= 4 is 28.6 Å². The smallest absolute Gasteiger partial charge is 0.256 e. The van der Waals surface area contributed by atoms with Crippen LogP contribution in [0.5, 0.6) is 0 Å². The van der Waals surface area contributed by atoms with Gasteiger partial charge < -0.3 is 11.1 Å². The molecule has 3 nitrogen and oxygen atoms in total. The van der Waals surface area contributed by atoms with Crippen LogP contribution in [0.3, 0.4) is 0 Å². The van der Waals surface area contributed by atoms with E-state index in [4.69, 9.17) is 5.73 Å². The van der Waals surface area contributed by atoms with Gasteiger partial charge in [-0.2, -0.15) is 11.3 Å². The normalized spacial score (nSPS) is 10.1. The Hall–Kier alpha value is -1.81. The number of benzene rings is 1. The number of carbonyl (C=O) groups is 1. The second-order valence-electron chi connectivity index (χ2n) is 3.55. The van der Waals surface area contributed by atoms with Crippen LogP contribution in [0.15, 0.2) is 35.0 Å². The fourth-order valence-corrected chi connectivity index (χ4v) is 2.24. The minimum Gasteiger partial charge on any atom is -0.399 e. The summed E-state index contributed by atoms with van der Waals surface area (Å²) in [5.41, 5.74) is 8.70. The second-order valence-corrected chi connectivity index (χ2v) is 4.29. The molecule has 0 aliphatic heterocycles. The van der Waals surface area contributed by atoms with E-state index in [0.717, 1.165) is 11.3 Å². The number of hydrogen-bond acceptors (Lipinski definition) is 3. The summed E-state index contributed by atoms with van der Waals surface area (Å²) in [6, 6.07) is 7.15. The molecule has 0 radical (unpaired) electrons. The average Bonchev–Trinajstić information content (AvgIpc) is 2.64. The van der Waals surface area contributed by atoms with Crippen LogP contribution in [0, 0.1) is 6.92 Å². The van der Waals surface area contributed by atoms with Crippen molar-refractivity contribution in [2.75, 3.05) is 11.1 Å². The fraction of sp³-hybridized carbons (Fsp3) is 0.0833. The van der Waals surface area contributed by atoms with Crippen molar-refractivity contribution in [1.29, 1.82) is 0 Å². The molecule has 1 amide bonds. The van der Waals surface area contributed by atoms with E-state index in [1.807, 2.05) is 29.8 Å². The highest BCUT2D eigenvalue weighted by Gasteiger charge is 2.09. The number of nitrogen functional groups attached to an aromatic ring is 1. The molecule has 1 aromatic heterocycles. The van der Waals surface area contributed by atoms with Crippen molar-refractivity contribution in [2.24, 2.45) is 0 Å². The molecule has 0 bridgehead atoms. The molecule has 4 heteroatoms. The number of anilines is 2. The maximum atomic E-state index is 11.9. The van der Waals surface area contributed by atoms with Gasteiger partial charge in [-0.3, -0.25) is 4.79 Å². The van der Waals surface area contributed by atoms with E-state index in [2.05, 4.69) is 5.32 Å². The summed E-state index contributed by atoms with van der Waals surface area (Å²) in [4.78, 5) is 11.9. The zero-order valence-corrected chi connectivity index (χ0v) is 9.67. The number of hydrogen-bond donors (Lipinski definition) is 2. The molecule has 0 spiro atoms. The van der Waals surface area contributed by atoms with Gasteiger partial charge >= 0.3 is 0 Å². The molecule has 1 aromatic carbocycles. The predicted octanol–water partition coefficient (Wildman–Crippen LogP) is 2.89. The van der Waals surface area contributed by atoms with Crippen LogP contribution < -0.4 is 11.1 Å². The zero-order valence-electron chi connectivity index (χ0n) is 8.86. The van der Waals surface area contributed by atoms with Crippen molar-refractivity contribution in [2.45, 2.75) is 6.92 Å². The summed E-state index contributed by atoms with van der Waals surface area (Å²) in [6.07, 6.45) is 0. The highest BCUT2D eigenvalue weighted by molar-refractivity contribution is 7.08. The Labute approximate surface area is 97.9 Å². The monoisotopic (exact) mass is 232 g/mol. The van der Waals surface area contributed by atoms with Gasteiger partial charge in [-0.25, -0.2) is 0 Å². The second kappa shape index (κ2) is 4.37. The first-order valence-electron chi connectivity index (χ1n) is 4.86. The lowest BCUT2D eigenvalue weighted by Gasteiger charge is -2.05. The van der Waals surface area contributed by atoms with E-state index in [-0.39, 0.29) is 5.91 Å². The lowest BCUT2D eigenvalue weighted by molar-refractivity contribution is 0.102. The third kappa shape index (κ3) is 2.23. The number of carbonyl (C=O) groups excluding carboxylic acids is 1. The summed E-state index contributed by atoms with van der Waals surface area (Å²) in [6.45, 7) is 1.92. The molecule has 0 atom stereocenters. The highest BCUT2D eigenvalue weighted by atomic mass is 32.1. The Balaban J connectivity index is 2.17. The molecule has 0 saturated carbocycles. The van der Waals surface area contributed by atoms with Crippen molar-refractivity contribution in [3.8, 4) is 0 Å². The van der Waals surface area contributed by atoms with Crippen LogP contribution in [0.2, 0.25) is 0 Å². The molecule has 82 valence electrons. The maximum absolute atomic E-state index is 11.9. The molecular formula is C12H12N2OS. The van der Waals surface area contributed by atoms with E-state index in [0.29, 0.717) is 11.3 Å². The van der Waals surface area contributed by atoms with Gasteiger partial charge in [-0.1, -0.05) is 6.07 Å². The van der Waals surface area contributed by atoms with Gasteiger partial charge in [0.2, 0.25) is 0 Å². The largest absolute Gasteiger partial charge is 0.399 e. The lowest BCUT2D eigenvalue weighted by Crippen LogP contribution is -2.12. The Morgan fingerprint density at radius 1 is 1.38 bits per heavy atom. The number of aryl methyl sites for hydroxylation is 1. The summed E-state index contributed by atoms with van der Waals surface area (Å²) >= 11 is 1.52. The molecule has 0 aliphatic carbocycles. The van der Waals surface area contributed by atoms with Crippen molar-refractivity contribution < 1.29 is 4.79 Å². The molecule has 2 rings (SSSR count). The topological polar surface area (TPSA) is 55.1 Å². The Morgan fingerprint density at radius 3 is 2.81 bits per heavy atom. The molecule has 1 heterocycles. The number of thiophene rings is 1. The van der Waals surface area contributed by atoms with Crippen molar-refractivity contribution in [3.05, 3.63) is 46.2 Å². The molecular weight excluding hydrogens is 220 g/mol. The van der Waals surface area contributed by atoms with E-state index < -0.39 is 0 Å². The lowest BCUT2D eigenvalue weighted by atomic mass is 10.2. The molecule has 3 N–H and O–H groups in total. The molecule has 16 heavy (non-hydrogen) atoms. The first-order chi connectivity index (χ1) is 7.66. The van der Waals surface area contributed by atoms with Crippen LogP contribution in [0.1, 0.15) is 15.9 Å². The SMILES string of the molecule is Cc1cscc1C(=O)Nc1cccc(N)c1. The van der Waals surface area contributed by atoms with Crippen LogP contribution in [0.4, 0.5) is 11.4 Å². The highest BCUT2D eigenvalue weighted by Crippen LogP contribution is 2.17. The van der Waals surface area contributed by atoms with Gasteiger partial charge in [0.1, 0.15) is 0 Å². The van der Waals surface area contributed by atoms with Crippen LogP contribution in [-0.2, 0) is 0 Å². The Bertz CT molecular complexity index is 519. The van der Waals surface area contributed by atoms with Crippen molar-refractivity contribution in [1.82, 2.24) is 0 Å². The Kier molecular flexibility index (Phi) is 2.92. The van der Waals surface area contributed by atoms with Crippen LogP contribution in [0.25, 0.3) is 0 Å². The van der Waals surface area contributed by atoms with Crippen LogP contribution in [-0.4, -0.2) is 5.91 Å². The van der Waals surface area contributed by atoms with Gasteiger partial charge in [-0.15, -0.1) is 0 Å². The van der Waals surface area contributed by atoms with Gasteiger partial charge in [0.15, 0.2) is 0 Å². The molecule has 0 saturated heterocycles. The minimum atomic E-state index is -0.0932. The first kappa shape index (κ1) is 10.7.